The van der Waals surface area contributed by atoms with E-state index in [1.807, 2.05) is 13.8 Å². The molecule has 92 valence electrons. The standard InChI is InChI=1S/C10H9FN4.C2H6.H2/c1-12-10-14-5-3-9(15-10)7-6-13-4-2-8(7)11;1-2;/h2-6H,1H3,(H,12,14,15);1-2H3;1H. The number of nitrogens with one attached hydrogen (secondary N) is 1. The van der Waals surface area contributed by atoms with E-state index in [2.05, 4.69) is 20.3 Å². The minimum absolute atomic E-state index is 0. The van der Waals surface area contributed by atoms with Gasteiger partial charge in [-0.25, -0.2) is 14.4 Å². The van der Waals surface area contributed by atoms with Crippen LogP contribution in [0.5, 0.6) is 0 Å². The Kier molecular flexibility index (Phi) is 5.00. The number of aromatic nitrogens is 3. The van der Waals surface area contributed by atoms with Gasteiger partial charge in [0.15, 0.2) is 0 Å². The Balaban J connectivity index is 0.000000917. The van der Waals surface area contributed by atoms with Gasteiger partial charge < -0.3 is 5.32 Å². The van der Waals surface area contributed by atoms with Gasteiger partial charge in [-0.05, 0) is 12.1 Å². The summed E-state index contributed by atoms with van der Waals surface area (Å²) in [5, 5.41) is 2.79. The van der Waals surface area contributed by atoms with Crippen LogP contribution in [0, 0.1) is 5.82 Å². The zero-order chi connectivity index (χ0) is 12.7. The smallest absolute Gasteiger partial charge is 0.222 e. The summed E-state index contributed by atoms with van der Waals surface area (Å²) in [6.45, 7) is 4.00. The fourth-order valence-electron chi connectivity index (χ4n) is 1.20. The van der Waals surface area contributed by atoms with Crippen LogP contribution in [-0.4, -0.2) is 22.0 Å². The molecule has 4 nitrogen and oxygen atoms in total. The number of hydrogen-bond acceptors (Lipinski definition) is 4. The number of nitrogens with zero attached hydrogens (tertiary/aromatic N) is 3. The predicted molar refractivity (Wildman–Crippen MR) is 68.2 cm³/mol. The third kappa shape index (κ3) is 3.21. The summed E-state index contributed by atoms with van der Waals surface area (Å²) in [6.07, 6.45) is 4.41. The van der Waals surface area contributed by atoms with E-state index in [1.165, 1.54) is 18.5 Å². The maximum absolute atomic E-state index is 13.4. The average molecular weight is 236 g/mol. The quantitative estimate of drug-likeness (QED) is 0.870. The lowest BCUT2D eigenvalue weighted by Crippen LogP contribution is -1.97. The monoisotopic (exact) mass is 236 g/mol. The van der Waals surface area contributed by atoms with Gasteiger partial charge in [0.05, 0.1) is 11.3 Å². The van der Waals surface area contributed by atoms with Crippen LogP contribution >= 0.6 is 0 Å². The summed E-state index contributed by atoms with van der Waals surface area (Å²) in [5.74, 6) is 0.113. The molecule has 0 aromatic carbocycles. The lowest BCUT2D eigenvalue weighted by atomic mass is 10.2. The van der Waals surface area contributed by atoms with Crippen molar-refractivity contribution in [3.8, 4) is 11.3 Å². The van der Waals surface area contributed by atoms with Crippen molar-refractivity contribution in [3.05, 3.63) is 36.5 Å². The van der Waals surface area contributed by atoms with Crippen molar-refractivity contribution < 1.29 is 5.82 Å². The van der Waals surface area contributed by atoms with Crippen LogP contribution in [0.2, 0.25) is 0 Å². The van der Waals surface area contributed by atoms with Crippen LogP contribution in [0.4, 0.5) is 10.3 Å². The van der Waals surface area contributed by atoms with E-state index >= 15 is 0 Å². The number of hydrogen-bond donors (Lipinski definition) is 1. The van der Waals surface area contributed by atoms with Gasteiger partial charge in [-0.2, -0.15) is 0 Å². The summed E-state index contributed by atoms with van der Waals surface area (Å²) < 4.78 is 13.4. The molecule has 0 atom stereocenters. The first-order valence-corrected chi connectivity index (χ1v) is 5.42. The first kappa shape index (κ1) is 13.0. The highest BCUT2D eigenvalue weighted by Gasteiger charge is 2.06. The zero-order valence-electron chi connectivity index (χ0n) is 10.1. The van der Waals surface area contributed by atoms with Crippen molar-refractivity contribution in [2.24, 2.45) is 0 Å². The van der Waals surface area contributed by atoms with Gasteiger partial charge in [0.2, 0.25) is 5.95 Å². The molecule has 5 heteroatoms. The average Bonchev–Trinajstić information content (AvgIpc) is 2.42. The summed E-state index contributed by atoms with van der Waals surface area (Å²) in [4.78, 5) is 11.9. The van der Waals surface area contributed by atoms with Gasteiger partial charge in [-0.1, -0.05) is 13.8 Å². The molecule has 0 bridgehead atoms. The largest absolute Gasteiger partial charge is 0.357 e. The van der Waals surface area contributed by atoms with E-state index in [9.17, 15) is 4.39 Å². The van der Waals surface area contributed by atoms with Gasteiger partial charge in [-0.15, -0.1) is 0 Å². The zero-order valence-corrected chi connectivity index (χ0v) is 10.1. The van der Waals surface area contributed by atoms with Crippen molar-refractivity contribution in [2.45, 2.75) is 13.8 Å². The Morgan fingerprint density at radius 3 is 2.65 bits per heavy atom. The van der Waals surface area contributed by atoms with Crippen molar-refractivity contribution in [3.63, 3.8) is 0 Å². The SMILES string of the molecule is CC.CNc1nccc(-c2cnccc2F)n1.[HH]. The van der Waals surface area contributed by atoms with Crippen molar-refractivity contribution in [1.29, 1.82) is 0 Å². The van der Waals surface area contributed by atoms with E-state index < -0.39 is 0 Å². The fourth-order valence-corrected chi connectivity index (χ4v) is 1.20. The molecule has 2 heterocycles. The number of halogens is 1. The molecule has 0 aliphatic carbocycles. The molecule has 17 heavy (non-hydrogen) atoms. The van der Waals surface area contributed by atoms with Gasteiger partial charge in [-0.3, -0.25) is 4.98 Å². The van der Waals surface area contributed by atoms with Gasteiger partial charge >= 0.3 is 0 Å². The molecule has 2 aromatic rings. The maximum atomic E-state index is 13.4. The Morgan fingerprint density at radius 2 is 2.00 bits per heavy atom. The fraction of sp³-hybridized carbons (Fsp3) is 0.250. The van der Waals surface area contributed by atoms with Gasteiger partial charge in [0.1, 0.15) is 5.82 Å². The highest BCUT2D eigenvalue weighted by atomic mass is 19.1. The van der Waals surface area contributed by atoms with Crippen LogP contribution in [0.3, 0.4) is 0 Å². The summed E-state index contributed by atoms with van der Waals surface area (Å²) >= 11 is 0. The third-order valence-corrected chi connectivity index (χ3v) is 1.92. The minimum atomic E-state index is -0.342. The number of anilines is 1. The highest BCUT2D eigenvalue weighted by Crippen LogP contribution is 2.19. The summed E-state index contributed by atoms with van der Waals surface area (Å²) in [5.41, 5.74) is 0.886. The van der Waals surface area contributed by atoms with Crippen molar-refractivity contribution >= 4 is 5.95 Å². The Bertz CT molecular complexity index is 479. The lowest BCUT2D eigenvalue weighted by Gasteiger charge is -2.03. The van der Waals surface area contributed by atoms with E-state index in [1.54, 1.807) is 19.3 Å². The molecule has 2 rings (SSSR count). The second-order valence-corrected chi connectivity index (χ2v) is 2.87. The lowest BCUT2D eigenvalue weighted by molar-refractivity contribution is 0.628. The molecule has 0 fully saturated rings. The van der Waals surface area contributed by atoms with E-state index in [4.69, 9.17) is 0 Å². The van der Waals surface area contributed by atoms with Crippen molar-refractivity contribution in [1.82, 2.24) is 15.0 Å². The molecule has 1 N–H and O–H groups in total. The van der Waals surface area contributed by atoms with Gasteiger partial charge in [0.25, 0.3) is 0 Å². The molecule has 2 aromatic heterocycles. The molecular weight excluding hydrogens is 219 g/mol. The number of rotatable bonds is 2. The maximum Gasteiger partial charge on any atom is 0.222 e. The molecule has 0 amide bonds. The van der Waals surface area contributed by atoms with E-state index in [-0.39, 0.29) is 7.24 Å². The third-order valence-electron chi connectivity index (χ3n) is 1.92. The minimum Gasteiger partial charge on any atom is -0.357 e. The van der Waals surface area contributed by atoms with Crippen LogP contribution in [0.25, 0.3) is 11.3 Å². The first-order chi connectivity index (χ1) is 8.31. The molecule has 0 saturated heterocycles. The first-order valence-electron chi connectivity index (χ1n) is 5.42. The molecule has 0 saturated carbocycles. The Labute approximate surface area is 101 Å². The normalized spacial score (nSPS) is 9.18. The van der Waals surface area contributed by atoms with Crippen LogP contribution in [0.1, 0.15) is 15.3 Å². The topological polar surface area (TPSA) is 50.7 Å². The van der Waals surface area contributed by atoms with E-state index in [0.29, 0.717) is 17.2 Å². The summed E-state index contributed by atoms with van der Waals surface area (Å²) in [6, 6.07) is 2.94. The highest BCUT2D eigenvalue weighted by molar-refractivity contribution is 5.59. The molecule has 0 aliphatic heterocycles. The predicted octanol–water partition coefficient (Wildman–Crippen LogP) is 2.99. The Morgan fingerprint density at radius 1 is 1.24 bits per heavy atom. The molecular formula is C12H17FN4. The van der Waals surface area contributed by atoms with Crippen molar-refractivity contribution in [2.75, 3.05) is 12.4 Å². The van der Waals surface area contributed by atoms with Gasteiger partial charge in [0, 0.05) is 27.1 Å². The van der Waals surface area contributed by atoms with Crippen LogP contribution in [-0.2, 0) is 0 Å². The molecule has 0 unspecified atom stereocenters. The molecule has 0 aliphatic rings. The summed E-state index contributed by atoms with van der Waals surface area (Å²) in [7, 11) is 1.71. The number of pyridine rings is 1. The Hall–Kier alpha value is -2.04. The molecule has 0 spiro atoms. The molecule has 0 radical (unpaired) electrons. The van der Waals surface area contributed by atoms with E-state index in [0.717, 1.165) is 0 Å². The second-order valence-electron chi connectivity index (χ2n) is 2.87. The second kappa shape index (κ2) is 6.52. The van der Waals surface area contributed by atoms with Crippen LogP contribution in [0.15, 0.2) is 30.7 Å². The van der Waals surface area contributed by atoms with Crippen LogP contribution < -0.4 is 5.32 Å².